The molecule has 2 heterocycles. The van der Waals surface area contributed by atoms with Crippen LogP contribution in [0.3, 0.4) is 0 Å². The van der Waals surface area contributed by atoms with Crippen molar-refractivity contribution in [3.05, 3.63) is 47.5 Å². The molecule has 20 heavy (non-hydrogen) atoms. The minimum atomic E-state index is -3.39. The van der Waals surface area contributed by atoms with E-state index in [4.69, 9.17) is 0 Å². The van der Waals surface area contributed by atoms with E-state index < -0.39 is 10.0 Å². The Bertz CT molecular complexity index is 706. The minimum Gasteiger partial charge on any atom is -0.348 e. The van der Waals surface area contributed by atoms with Gasteiger partial charge in [-0.3, -0.25) is 0 Å². The van der Waals surface area contributed by atoms with Gasteiger partial charge in [0.15, 0.2) is 0 Å². The highest BCUT2D eigenvalue weighted by atomic mass is 32.2. The summed E-state index contributed by atoms with van der Waals surface area (Å²) in [7, 11) is -1.98. The quantitative estimate of drug-likeness (QED) is 0.771. The fourth-order valence-electron chi connectivity index (χ4n) is 2.45. The number of H-pyrrole nitrogens is 1. The number of hydrogen-bond donors (Lipinski definition) is 3. The summed E-state index contributed by atoms with van der Waals surface area (Å²) in [6, 6.07) is 6.89. The van der Waals surface area contributed by atoms with Crippen molar-refractivity contribution in [2.24, 2.45) is 0 Å². The van der Waals surface area contributed by atoms with E-state index in [0.717, 1.165) is 29.9 Å². The minimum absolute atomic E-state index is 0.0105. The van der Waals surface area contributed by atoms with Gasteiger partial charge in [0.05, 0.1) is 23.0 Å². The lowest BCUT2D eigenvalue weighted by atomic mass is 9.98. The second-order valence-electron chi connectivity index (χ2n) is 4.68. The molecule has 6 nitrogen and oxygen atoms in total. The smallest absolute Gasteiger partial charge is 0.240 e. The van der Waals surface area contributed by atoms with Gasteiger partial charge < -0.3 is 10.3 Å². The second-order valence-corrected chi connectivity index (χ2v) is 6.57. The number of aromatic amines is 1. The van der Waals surface area contributed by atoms with Gasteiger partial charge in [-0.05, 0) is 24.7 Å². The third-order valence-corrected chi connectivity index (χ3v) is 4.97. The third-order valence-electron chi connectivity index (χ3n) is 3.54. The molecular formula is C13H16N4O2S. The van der Waals surface area contributed by atoms with Crippen LogP contribution in [0.15, 0.2) is 35.5 Å². The highest BCUT2D eigenvalue weighted by Gasteiger charge is 2.24. The van der Waals surface area contributed by atoms with Gasteiger partial charge in [0.2, 0.25) is 10.0 Å². The molecule has 0 saturated carbocycles. The van der Waals surface area contributed by atoms with Crippen LogP contribution in [0.4, 0.5) is 0 Å². The fraction of sp³-hybridized carbons (Fsp3) is 0.308. The summed E-state index contributed by atoms with van der Waals surface area (Å²) in [5.41, 5.74) is 3.13. The molecule has 0 saturated heterocycles. The number of nitrogens with zero attached hydrogens (tertiary/aromatic N) is 1. The van der Waals surface area contributed by atoms with Gasteiger partial charge in [0.1, 0.15) is 0 Å². The van der Waals surface area contributed by atoms with E-state index in [-0.39, 0.29) is 10.9 Å². The van der Waals surface area contributed by atoms with E-state index >= 15 is 0 Å². The standard InChI is InChI=1S/C13H16N4O2S/c1-14-20(18,19)10-4-2-9(3-5-10)12-13-11(6-7-15-12)16-8-17-13/h2-5,8,12,14-15H,6-7H2,1H3,(H,16,17)/t12-/m0/s1. The van der Waals surface area contributed by atoms with Crippen molar-refractivity contribution in [1.82, 2.24) is 20.0 Å². The SMILES string of the molecule is CNS(=O)(=O)c1ccc([C@@H]2NCCc3[nH]cnc32)cc1. The molecule has 3 N–H and O–H groups in total. The summed E-state index contributed by atoms with van der Waals surface area (Å²) in [5.74, 6) is 0. The number of benzene rings is 1. The lowest BCUT2D eigenvalue weighted by Gasteiger charge is -2.23. The molecule has 1 aromatic carbocycles. The first-order valence-electron chi connectivity index (χ1n) is 6.41. The van der Waals surface area contributed by atoms with E-state index in [1.54, 1.807) is 18.5 Å². The third kappa shape index (κ3) is 2.24. The highest BCUT2D eigenvalue weighted by molar-refractivity contribution is 7.89. The van der Waals surface area contributed by atoms with Gasteiger partial charge in [0, 0.05) is 18.7 Å². The zero-order valence-electron chi connectivity index (χ0n) is 11.1. The van der Waals surface area contributed by atoms with Crippen molar-refractivity contribution in [2.45, 2.75) is 17.4 Å². The summed E-state index contributed by atoms with van der Waals surface area (Å²) in [4.78, 5) is 7.76. The van der Waals surface area contributed by atoms with Gasteiger partial charge in [-0.15, -0.1) is 0 Å². The van der Waals surface area contributed by atoms with Crippen LogP contribution in [0, 0.1) is 0 Å². The molecule has 1 aliphatic rings. The number of hydrogen-bond acceptors (Lipinski definition) is 4. The van der Waals surface area contributed by atoms with Gasteiger partial charge >= 0.3 is 0 Å². The molecular weight excluding hydrogens is 276 g/mol. The van der Waals surface area contributed by atoms with Crippen molar-refractivity contribution in [2.75, 3.05) is 13.6 Å². The molecule has 0 spiro atoms. The molecule has 1 aromatic heterocycles. The Hall–Kier alpha value is -1.70. The van der Waals surface area contributed by atoms with E-state index in [9.17, 15) is 8.42 Å². The zero-order valence-corrected chi connectivity index (χ0v) is 11.9. The van der Waals surface area contributed by atoms with Gasteiger partial charge in [-0.25, -0.2) is 18.1 Å². The molecule has 3 rings (SSSR count). The van der Waals surface area contributed by atoms with Crippen LogP contribution in [-0.4, -0.2) is 32.0 Å². The second kappa shape index (κ2) is 5.01. The Labute approximate surface area is 117 Å². The van der Waals surface area contributed by atoms with E-state index in [0.29, 0.717) is 0 Å². The Balaban J connectivity index is 1.94. The number of fused-ring (bicyclic) bond motifs is 1. The molecule has 2 aromatic rings. The van der Waals surface area contributed by atoms with Crippen LogP contribution in [0.2, 0.25) is 0 Å². The molecule has 1 atom stereocenters. The number of nitrogens with one attached hydrogen (secondary N) is 3. The molecule has 106 valence electrons. The van der Waals surface area contributed by atoms with Crippen molar-refractivity contribution < 1.29 is 8.42 Å². The molecule has 0 fully saturated rings. The van der Waals surface area contributed by atoms with Crippen molar-refractivity contribution >= 4 is 10.0 Å². The Morgan fingerprint density at radius 2 is 2.05 bits per heavy atom. The summed E-state index contributed by atoms with van der Waals surface area (Å²) in [5, 5.41) is 3.40. The van der Waals surface area contributed by atoms with Crippen LogP contribution < -0.4 is 10.0 Å². The summed E-state index contributed by atoms with van der Waals surface area (Å²) < 4.78 is 25.7. The largest absolute Gasteiger partial charge is 0.348 e. The summed E-state index contributed by atoms with van der Waals surface area (Å²) in [6.07, 6.45) is 2.63. The number of imidazole rings is 1. The predicted octanol–water partition coefficient (Wildman–Crippen LogP) is 0.553. The van der Waals surface area contributed by atoms with Crippen LogP contribution in [-0.2, 0) is 16.4 Å². The van der Waals surface area contributed by atoms with Crippen molar-refractivity contribution in [1.29, 1.82) is 0 Å². The van der Waals surface area contributed by atoms with Crippen LogP contribution >= 0.6 is 0 Å². The van der Waals surface area contributed by atoms with Crippen molar-refractivity contribution in [3.63, 3.8) is 0 Å². The van der Waals surface area contributed by atoms with E-state index in [1.807, 2.05) is 12.1 Å². The maximum atomic E-state index is 11.7. The number of aromatic nitrogens is 2. The van der Waals surface area contributed by atoms with Gasteiger partial charge in [-0.1, -0.05) is 12.1 Å². The maximum Gasteiger partial charge on any atom is 0.240 e. The Kier molecular flexibility index (Phi) is 3.33. The Morgan fingerprint density at radius 3 is 2.75 bits per heavy atom. The van der Waals surface area contributed by atoms with Gasteiger partial charge in [-0.2, -0.15) is 0 Å². The predicted molar refractivity (Wildman–Crippen MR) is 74.8 cm³/mol. The average Bonchev–Trinajstić information content (AvgIpc) is 2.95. The molecule has 1 aliphatic heterocycles. The van der Waals surface area contributed by atoms with Crippen LogP contribution in [0.25, 0.3) is 0 Å². The normalized spacial score (nSPS) is 18.8. The van der Waals surface area contributed by atoms with E-state index in [2.05, 4.69) is 20.0 Å². The van der Waals surface area contributed by atoms with Crippen molar-refractivity contribution in [3.8, 4) is 0 Å². The molecule has 0 radical (unpaired) electrons. The first kappa shape index (κ1) is 13.3. The molecule has 0 amide bonds. The lowest BCUT2D eigenvalue weighted by Crippen LogP contribution is -2.30. The topological polar surface area (TPSA) is 86.9 Å². The average molecular weight is 292 g/mol. The van der Waals surface area contributed by atoms with Crippen LogP contribution in [0.1, 0.15) is 23.0 Å². The van der Waals surface area contributed by atoms with E-state index in [1.165, 1.54) is 7.05 Å². The number of sulfonamides is 1. The first-order valence-corrected chi connectivity index (χ1v) is 7.89. The maximum absolute atomic E-state index is 11.7. The molecule has 0 aliphatic carbocycles. The first-order chi connectivity index (χ1) is 9.62. The molecule has 7 heteroatoms. The Morgan fingerprint density at radius 1 is 1.30 bits per heavy atom. The van der Waals surface area contributed by atoms with Gasteiger partial charge in [0.25, 0.3) is 0 Å². The summed E-state index contributed by atoms with van der Waals surface area (Å²) >= 11 is 0. The lowest BCUT2D eigenvalue weighted by molar-refractivity contribution is 0.553. The zero-order chi connectivity index (χ0) is 14.2. The molecule has 0 unspecified atom stereocenters. The van der Waals surface area contributed by atoms with Crippen LogP contribution in [0.5, 0.6) is 0 Å². The highest BCUT2D eigenvalue weighted by Crippen LogP contribution is 2.26. The number of rotatable bonds is 3. The fourth-order valence-corrected chi connectivity index (χ4v) is 3.18. The molecule has 0 bridgehead atoms. The summed E-state index contributed by atoms with van der Waals surface area (Å²) in [6.45, 7) is 0.871. The monoisotopic (exact) mass is 292 g/mol.